The first kappa shape index (κ1) is 19.0. The average molecular weight is 418 g/mol. The lowest BCUT2D eigenvalue weighted by Gasteiger charge is -2.34. The SMILES string of the molecule is Cc1cnc(C(=O)N2CCN(c3nc(Nc4cc(C)[nH]n4)c4cccn4n3)CC2)cn1. The third kappa shape index (κ3) is 3.77. The maximum atomic E-state index is 12.7. The van der Waals surface area contributed by atoms with Crippen LogP contribution in [0.3, 0.4) is 0 Å². The molecule has 1 amide bonds. The fraction of sp³-hybridized carbons (Fsp3) is 0.300. The van der Waals surface area contributed by atoms with Gasteiger partial charge in [0.05, 0.1) is 11.9 Å². The van der Waals surface area contributed by atoms with E-state index in [0.717, 1.165) is 16.9 Å². The minimum absolute atomic E-state index is 0.106. The van der Waals surface area contributed by atoms with Crippen LogP contribution in [-0.4, -0.2) is 71.7 Å². The Morgan fingerprint density at radius 2 is 1.97 bits per heavy atom. The molecule has 2 N–H and O–H groups in total. The molecule has 0 radical (unpaired) electrons. The number of amides is 1. The number of nitrogens with one attached hydrogen (secondary N) is 2. The van der Waals surface area contributed by atoms with Gasteiger partial charge in [-0.1, -0.05) is 0 Å². The number of carbonyl (C=O) groups is 1. The van der Waals surface area contributed by atoms with Crippen LogP contribution in [0.15, 0.2) is 36.8 Å². The van der Waals surface area contributed by atoms with Crippen molar-refractivity contribution >= 4 is 29.0 Å². The molecule has 0 spiro atoms. The third-order valence-electron chi connectivity index (χ3n) is 5.18. The molecule has 5 heterocycles. The van der Waals surface area contributed by atoms with Crippen LogP contribution in [0.25, 0.3) is 5.52 Å². The smallest absolute Gasteiger partial charge is 0.274 e. The summed E-state index contributed by atoms with van der Waals surface area (Å²) in [7, 11) is 0. The van der Waals surface area contributed by atoms with Crippen molar-refractivity contribution in [1.82, 2.24) is 39.7 Å². The van der Waals surface area contributed by atoms with Gasteiger partial charge in [-0.3, -0.25) is 14.9 Å². The van der Waals surface area contributed by atoms with Crippen LogP contribution in [0.5, 0.6) is 0 Å². The Kier molecular flexibility index (Phi) is 4.69. The molecule has 0 atom stereocenters. The molecule has 1 saturated heterocycles. The predicted molar refractivity (Wildman–Crippen MR) is 114 cm³/mol. The summed E-state index contributed by atoms with van der Waals surface area (Å²) in [6, 6.07) is 5.79. The molecule has 11 nitrogen and oxygen atoms in total. The number of aromatic amines is 1. The van der Waals surface area contributed by atoms with Crippen LogP contribution >= 0.6 is 0 Å². The zero-order valence-electron chi connectivity index (χ0n) is 17.3. The standard InChI is InChI=1S/C20H22N10O/c1-13-10-17(26-25-13)23-18-16-4-3-5-30(16)27-20(24-18)29-8-6-28(7-9-29)19(31)15-12-21-14(2)11-22-15/h3-5,10-12H,6-9H2,1-2H3,(H2,23,24,25,26,27). The summed E-state index contributed by atoms with van der Waals surface area (Å²) in [4.78, 5) is 29.7. The Morgan fingerprint density at radius 3 is 2.68 bits per heavy atom. The Balaban J connectivity index is 1.33. The fourth-order valence-electron chi connectivity index (χ4n) is 3.53. The first-order chi connectivity index (χ1) is 15.1. The number of rotatable bonds is 4. The molecule has 11 heteroatoms. The molecule has 0 aromatic carbocycles. The lowest BCUT2D eigenvalue weighted by Crippen LogP contribution is -2.49. The van der Waals surface area contributed by atoms with Gasteiger partial charge < -0.3 is 15.1 Å². The maximum absolute atomic E-state index is 12.7. The molecule has 158 valence electrons. The van der Waals surface area contributed by atoms with E-state index in [0.29, 0.717) is 49.5 Å². The maximum Gasteiger partial charge on any atom is 0.274 e. The summed E-state index contributed by atoms with van der Waals surface area (Å²) in [5.74, 6) is 1.86. The molecule has 0 unspecified atom stereocenters. The van der Waals surface area contributed by atoms with Gasteiger partial charge in [-0.25, -0.2) is 9.50 Å². The summed E-state index contributed by atoms with van der Waals surface area (Å²) in [5.41, 5.74) is 2.97. The van der Waals surface area contributed by atoms with Gasteiger partial charge in [0.15, 0.2) is 11.6 Å². The Hall–Kier alpha value is -4.02. The van der Waals surface area contributed by atoms with Gasteiger partial charge in [0.2, 0.25) is 5.95 Å². The summed E-state index contributed by atoms with van der Waals surface area (Å²) < 4.78 is 1.80. The van der Waals surface area contributed by atoms with E-state index in [9.17, 15) is 4.79 Å². The molecule has 5 rings (SSSR count). The highest BCUT2D eigenvalue weighted by molar-refractivity contribution is 5.92. The Morgan fingerprint density at radius 1 is 1.13 bits per heavy atom. The highest BCUT2D eigenvalue weighted by Crippen LogP contribution is 2.22. The molecule has 1 fully saturated rings. The van der Waals surface area contributed by atoms with Gasteiger partial charge in [0.1, 0.15) is 11.2 Å². The van der Waals surface area contributed by atoms with Gasteiger partial charge >= 0.3 is 0 Å². The number of fused-ring (bicyclic) bond motifs is 1. The van der Waals surface area contributed by atoms with Crippen molar-refractivity contribution in [3.05, 3.63) is 53.9 Å². The molecular weight excluding hydrogens is 396 g/mol. The van der Waals surface area contributed by atoms with E-state index in [4.69, 9.17) is 4.98 Å². The minimum atomic E-state index is -0.106. The first-order valence-electron chi connectivity index (χ1n) is 10.0. The number of hydrogen-bond donors (Lipinski definition) is 2. The molecule has 1 aliphatic heterocycles. The van der Waals surface area contributed by atoms with Crippen molar-refractivity contribution in [1.29, 1.82) is 0 Å². The number of anilines is 3. The number of nitrogens with zero attached hydrogens (tertiary/aromatic N) is 8. The van der Waals surface area contributed by atoms with E-state index < -0.39 is 0 Å². The number of carbonyl (C=O) groups excluding carboxylic acids is 1. The minimum Gasteiger partial charge on any atom is -0.336 e. The number of aromatic nitrogens is 7. The van der Waals surface area contributed by atoms with Crippen LogP contribution in [0.2, 0.25) is 0 Å². The molecular formula is C20H22N10O. The van der Waals surface area contributed by atoms with Crippen molar-refractivity contribution < 1.29 is 4.79 Å². The van der Waals surface area contributed by atoms with Crippen molar-refractivity contribution in [2.24, 2.45) is 0 Å². The molecule has 0 aliphatic carbocycles. The van der Waals surface area contributed by atoms with Crippen molar-refractivity contribution in [2.45, 2.75) is 13.8 Å². The largest absolute Gasteiger partial charge is 0.336 e. The summed E-state index contributed by atoms with van der Waals surface area (Å²) in [6.07, 6.45) is 5.03. The van der Waals surface area contributed by atoms with Gasteiger partial charge in [0.25, 0.3) is 5.91 Å². The third-order valence-corrected chi connectivity index (χ3v) is 5.18. The molecule has 31 heavy (non-hydrogen) atoms. The number of piperazine rings is 1. The molecule has 1 aliphatic rings. The van der Waals surface area contributed by atoms with E-state index in [1.807, 2.05) is 38.2 Å². The molecule has 4 aromatic heterocycles. The van der Waals surface area contributed by atoms with Crippen LogP contribution in [0, 0.1) is 13.8 Å². The summed E-state index contributed by atoms with van der Waals surface area (Å²) in [6.45, 7) is 6.15. The molecule has 0 saturated carbocycles. The van der Waals surface area contributed by atoms with E-state index >= 15 is 0 Å². The van der Waals surface area contributed by atoms with Crippen molar-refractivity contribution in [2.75, 3.05) is 36.4 Å². The highest BCUT2D eigenvalue weighted by Gasteiger charge is 2.25. The normalized spacial score (nSPS) is 14.3. The zero-order valence-corrected chi connectivity index (χ0v) is 17.3. The quantitative estimate of drug-likeness (QED) is 0.512. The fourth-order valence-corrected chi connectivity index (χ4v) is 3.53. The van der Waals surface area contributed by atoms with Crippen LogP contribution in [0.1, 0.15) is 21.9 Å². The van der Waals surface area contributed by atoms with E-state index in [2.05, 4.69) is 35.5 Å². The van der Waals surface area contributed by atoms with Gasteiger partial charge in [-0.05, 0) is 26.0 Å². The van der Waals surface area contributed by atoms with Crippen molar-refractivity contribution in [3.8, 4) is 0 Å². The van der Waals surface area contributed by atoms with Gasteiger partial charge in [-0.2, -0.15) is 10.1 Å². The molecule has 4 aromatic rings. The van der Waals surface area contributed by atoms with Crippen LogP contribution < -0.4 is 10.2 Å². The Labute approximate surface area is 178 Å². The lowest BCUT2D eigenvalue weighted by atomic mass is 10.3. The second-order valence-electron chi connectivity index (χ2n) is 7.48. The highest BCUT2D eigenvalue weighted by atomic mass is 16.2. The summed E-state index contributed by atoms with van der Waals surface area (Å²) >= 11 is 0. The van der Waals surface area contributed by atoms with E-state index in [1.54, 1.807) is 15.6 Å². The van der Waals surface area contributed by atoms with Crippen LogP contribution in [0.4, 0.5) is 17.6 Å². The zero-order chi connectivity index (χ0) is 21.4. The predicted octanol–water partition coefficient (Wildman–Crippen LogP) is 1.57. The first-order valence-corrected chi connectivity index (χ1v) is 10.0. The van der Waals surface area contributed by atoms with E-state index in [1.165, 1.54) is 6.20 Å². The van der Waals surface area contributed by atoms with Crippen molar-refractivity contribution in [3.63, 3.8) is 0 Å². The van der Waals surface area contributed by atoms with Gasteiger partial charge in [0, 0.05) is 50.3 Å². The second-order valence-corrected chi connectivity index (χ2v) is 7.48. The lowest BCUT2D eigenvalue weighted by molar-refractivity contribution is 0.0739. The topological polar surface area (TPSA) is 120 Å². The number of H-pyrrole nitrogens is 1. The van der Waals surface area contributed by atoms with Gasteiger partial charge in [-0.15, -0.1) is 5.10 Å². The number of hydrogen-bond acceptors (Lipinski definition) is 8. The average Bonchev–Trinajstić information content (AvgIpc) is 3.42. The van der Waals surface area contributed by atoms with E-state index in [-0.39, 0.29) is 5.91 Å². The van der Waals surface area contributed by atoms with Crippen LogP contribution in [-0.2, 0) is 0 Å². The summed E-state index contributed by atoms with van der Waals surface area (Å²) in [5, 5.41) is 15.1. The molecule has 0 bridgehead atoms. The monoisotopic (exact) mass is 418 g/mol. The second kappa shape index (κ2) is 7.67. The number of aryl methyl sites for hydroxylation is 2. The Bertz CT molecular complexity index is 1220.